The first-order chi connectivity index (χ1) is 17.6. The predicted molar refractivity (Wildman–Crippen MR) is 120 cm³/mol. The standard InChI is InChI=1S/C21H22N8O7/c30-19-15-17(22-7-24-19)28(9-26-15)13-3-1-11(35-13)5-33-21(32)34-6-12-2-4-14(36-12)29-10-27-16-18(29)23-8-25-20(16)31/h7-14H,1-6H2,(H,22,24,30)(H,23,25,31)/t11-,12-,13+,14+/m0/s1. The van der Waals surface area contributed by atoms with Gasteiger partial charge in [0, 0.05) is 0 Å². The lowest BCUT2D eigenvalue weighted by atomic mass is 10.2. The Morgan fingerprint density at radius 1 is 0.806 bits per heavy atom. The van der Waals surface area contributed by atoms with E-state index in [2.05, 4.69) is 29.9 Å². The zero-order chi connectivity index (χ0) is 24.6. The Morgan fingerprint density at radius 3 is 1.75 bits per heavy atom. The van der Waals surface area contributed by atoms with E-state index in [1.165, 1.54) is 25.3 Å². The highest BCUT2D eigenvalue weighted by Crippen LogP contribution is 2.31. The predicted octanol–water partition coefficient (Wildman–Crippen LogP) is 0.761. The maximum Gasteiger partial charge on any atom is 0.508 e. The molecule has 15 heteroatoms. The van der Waals surface area contributed by atoms with Crippen LogP contribution in [0.1, 0.15) is 38.1 Å². The summed E-state index contributed by atoms with van der Waals surface area (Å²) in [6.07, 6.45) is 6.14. The molecule has 6 rings (SSSR count). The average molecular weight is 498 g/mol. The van der Waals surface area contributed by atoms with Crippen LogP contribution in [-0.4, -0.2) is 70.6 Å². The highest BCUT2D eigenvalue weighted by atomic mass is 16.7. The number of H-pyrrole nitrogens is 2. The minimum Gasteiger partial charge on any atom is -0.432 e. The van der Waals surface area contributed by atoms with Crippen molar-refractivity contribution >= 4 is 28.5 Å². The number of carbonyl (C=O) groups excluding carboxylic acids is 1. The third-order valence-corrected chi connectivity index (χ3v) is 6.30. The van der Waals surface area contributed by atoms with E-state index in [4.69, 9.17) is 18.9 Å². The number of carbonyl (C=O) groups is 1. The lowest BCUT2D eigenvalue weighted by Crippen LogP contribution is -2.23. The van der Waals surface area contributed by atoms with Gasteiger partial charge < -0.3 is 28.9 Å². The van der Waals surface area contributed by atoms with E-state index >= 15 is 0 Å². The molecule has 2 saturated heterocycles. The third kappa shape index (κ3) is 4.11. The molecule has 0 bridgehead atoms. The van der Waals surface area contributed by atoms with Crippen LogP contribution in [0.2, 0.25) is 0 Å². The van der Waals surface area contributed by atoms with Crippen LogP contribution >= 0.6 is 0 Å². The number of ether oxygens (including phenoxy) is 4. The van der Waals surface area contributed by atoms with Crippen molar-refractivity contribution in [1.82, 2.24) is 39.0 Å². The number of nitrogens with one attached hydrogen (secondary N) is 2. The van der Waals surface area contributed by atoms with Crippen LogP contribution in [0.25, 0.3) is 22.3 Å². The Kier molecular flexibility index (Phi) is 5.69. The molecule has 36 heavy (non-hydrogen) atoms. The molecule has 4 atom stereocenters. The topological polar surface area (TPSA) is 181 Å². The number of hydrogen-bond acceptors (Lipinski definition) is 11. The van der Waals surface area contributed by atoms with Gasteiger partial charge in [-0.15, -0.1) is 0 Å². The van der Waals surface area contributed by atoms with Gasteiger partial charge in [0.05, 0.1) is 37.5 Å². The summed E-state index contributed by atoms with van der Waals surface area (Å²) in [5, 5.41) is 0. The van der Waals surface area contributed by atoms with Crippen LogP contribution in [0.4, 0.5) is 4.79 Å². The zero-order valence-electron chi connectivity index (χ0n) is 18.9. The van der Waals surface area contributed by atoms with E-state index in [1.54, 1.807) is 9.13 Å². The largest absolute Gasteiger partial charge is 0.508 e. The van der Waals surface area contributed by atoms with Crippen molar-refractivity contribution in [2.75, 3.05) is 13.2 Å². The molecule has 2 fully saturated rings. The van der Waals surface area contributed by atoms with E-state index < -0.39 is 6.16 Å². The number of rotatable bonds is 6. The molecule has 0 unspecified atom stereocenters. The SMILES string of the molecule is O=C(OC[C@@H]1CC[C@H](n2cnc3c(=O)[nH]cnc32)O1)OC[C@@H]1CC[C@H](n2cnc3c(=O)[nH]cnc32)O1. The first-order valence-corrected chi connectivity index (χ1v) is 11.5. The molecule has 2 N–H and O–H groups in total. The van der Waals surface area contributed by atoms with Gasteiger partial charge in [-0.1, -0.05) is 0 Å². The molecular weight excluding hydrogens is 476 g/mol. The van der Waals surface area contributed by atoms with Crippen molar-refractivity contribution in [3.05, 3.63) is 46.0 Å². The number of fused-ring (bicyclic) bond motifs is 2. The molecule has 4 aromatic heterocycles. The smallest absolute Gasteiger partial charge is 0.432 e. The number of nitrogens with zero attached hydrogens (tertiary/aromatic N) is 6. The molecular formula is C21H22N8O7. The highest BCUT2D eigenvalue weighted by Gasteiger charge is 2.31. The van der Waals surface area contributed by atoms with Crippen molar-refractivity contribution in [3.63, 3.8) is 0 Å². The first-order valence-electron chi connectivity index (χ1n) is 11.5. The Labute approximate surface area is 201 Å². The fraction of sp³-hybridized carbons (Fsp3) is 0.476. The molecule has 4 aromatic rings. The molecule has 0 saturated carbocycles. The monoisotopic (exact) mass is 498 g/mol. The van der Waals surface area contributed by atoms with Crippen molar-refractivity contribution in [1.29, 1.82) is 0 Å². The number of aromatic amines is 2. The van der Waals surface area contributed by atoms with Crippen LogP contribution < -0.4 is 11.1 Å². The first kappa shape index (κ1) is 22.4. The van der Waals surface area contributed by atoms with Crippen molar-refractivity contribution in [2.24, 2.45) is 0 Å². The number of aromatic nitrogens is 8. The van der Waals surface area contributed by atoms with Gasteiger partial charge in [-0.3, -0.25) is 18.7 Å². The van der Waals surface area contributed by atoms with Crippen molar-refractivity contribution in [2.45, 2.75) is 50.3 Å². The lowest BCUT2D eigenvalue weighted by molar-refractivity contribution is -0.0546. The summed E-state index contributed by atoms with van der Waals surface area (Å²) in [4.78, 5) is 57.3. The fourth-order valence-corrected chi connectivity index (χ4v) is 4.54. The summed E-state index contributed by atoms with van der Waals surface area (Å²) in [6.45, 7) is 0.0662. The normalized spacial score (nSPS) is 24.0. The van der Waals surface area contributed by atoms with E-state index in [0.717, 1.165) is 0 Å². The molecule has 188 valence electrons. The Morgan fingerprint density at radius 2 is 1.28 bits per heavy atom. The molecule has 0 aliphatic carbocycles. The molecule has 0 amide bonds. The fourth-order valence-electron chi connectivity index (χ4n) is 4.54. The van der Waals surface area contributed by atoms with Crippen LogP contribution in [-0.2, 0) is 18.9 Å². The molecule has 2 aliphatic rings. The summed E-state index contributed by atoms with van der Waals surface area (Å²) in [5.74, 6) is 0. The van der Waals surface area contributed by atoms with E-state index in [1.807, 2.05) is 0 Å². The third-order valence-electron chi connectivity index (χ3n) is 6.30. The van der Waals surface area contributed by atoms with E-state index in [-0.39, 0.29) is 60.0 Å². The zero-order valence-corrected chi connectivity index (χ0v) is 18.9. The van der Waals surface area contributed by atoms with Gasteiger partial charge in [-0.25, -0.2) is 24.7 Å². The summed E-state index contributed by atoms with van der Waals surface area (Å²) in [7, 11) is 0. The van der Waals surface area contributed by atoms with Crippen LogP contribution in [0.5, 0.6) is 0 Å². The minimum absolute atomic E-state index is 0.0331. The molecule has 6 heterocycles. The second-order valence-electron chi connectivity index (χ2n) is 8.56. The maximum absolute atomic E-state index is 12.1. The van der Waals surface area contributed by atoms with Crippen LogP contribution in [0.3, 0.4) is 0 Å². The molecule has 0 aromatic carbocycles. The molecule has 0 spiro atoms. The molecule has 15 nitrogen and oxygen atoms in total. The quantitative estimate of drug-likeness (QED) is 0.358. The lowest BCUT2D eigenvalue weighted by Gasteiger charge is -2.16. The van der Waals surface area contributed by atoms with Crippen molar-refractivity contribution in [3.8, 4) is 0 Å². The maximum atomic E-state index is 12.1. The van der Waals surface area contributed by atoms with Gasteiger partial charge in [-0.05, 0) is 25.7 Å². The van der Waals surface area contributed by atoms with Crippen LogP contribution in [0.15, 0.2) is 34.9 Å². The minimum atomic E-state index is -0.809. The van der Waals surface area contributed by atoms with Gasteiger partial charge in [0.2, 0.25) is 0 Å². The Bertz CT molecular complexity index is 1410. The molecule has 2 aliphatic heterocycles. The van der Waals surface area contributed by atoms with Crippen LogP contribution in [0, 0.1) is 0 Å². The van der Waals surface area contributed by atoms with Gasteiger partial charge >= 0.3 is 6.16 Å². The Hall–Kier alpha value is -4.11. The molecule has 0 radical (unpaired) electrons. The van der Waals surface area contributed by atoms with Gasteiger partial charge in [0.1, 0.15) is 25.7 Å². The number of imidazole rings is 2. The summed E-state index contributed by atoms with van der Waals surface area (Å²) < 4.78 is 25.8. The summed E-state index contributed by atoms with van der Waals surface area (Å²) in [5.41, 5.74) is 0.722. The summed E-state index contributed by atoms with van der Waals surface area (Å²) >= 11 is 0. The van der Waals surface area contributed by atoms with E-state index in [9.17, 15) is 14.4 Å². The van der Waals surface area contributed by atoms with Gasteiger partial charge in [-0.2, -0.15) is 0 Å². The van der Waals surface area contributed by atoms with E-state index in [0.29, 0.717) is 37.0 Å². The highest BCUT2D eigenvalue weighted by molar-refractivity contribution is 5.69. The van der Waals surface area contributed by atoms with Crippen molar-refractivity contribution < 1.29 is 23.7 Å². The van der Waals surface area contributed by atoms with Gasteiger partial charge in [0.15, 0.2) is 22.3 Å². The second kappa shape index (κ2) is 9.16. The number of hydrogen-bond donors (Lipinski definition) is 2. The summed E-state index contributed by atoms with van der Waals surface area (Å²) in [6, 6.07) is 0. The Balaban J connectivity index is 0.969. The average Bonchev–Trinajstić information content (AvgIpc) is 3.67. The van der Waals surface area contributed by atoms with Gasteiger partial charge in [0.25, 0.3) is 11.1 Å². The second-order valence-corrected chi connectivity index (χ2v) is 8.56.